The standard InChI is InChI=1S/C30H37N7O3S2/c1-35-15-17-37(18-16-35)21-10-13-36(14-11-21)22-8-9-23(26(20-22)40-2)32-30-33-25-12-19-41-28(25)29(34-30)31-24-6-4-5-7-27(24)42(3,38)39/h4-9,12,19-21H,10-11,13-18H2,1-3H3,(H2,31,32,33,34). The third kappa shape index (κ3) is 6.17. The summed E-state index contributed by atoms with van der Waals surface area (Å²) in [6.07, 6.45) is 3.53. The molecule has 222 valence electrons. The number of fused-ring (bicyclic) bond motifs is 1. The molecule has 0 atom stereocenters. The van der Waals surface area contributed by atoms with Crippen molar-refractivity contribution in [1.29, 1.82) is 0 Å². The maximum absolute atomic E-state index is 12.4. The van der Waals surface area contributed by atoms with Gasteiger partial charge in [0, 0.05) is 63.3 Å². The molecule has 2 saturated heterocycles. The first-order valence-electron chi connectivity index (χ1n) is 14.2. The van der Waals surface area contributed by atoms with E-state index < -0.39 is 9.84 Å². The normalized spacial score (nSPS) is 17.5. The van der Waals surface area contributed by atoms with Crippen LogP contribution in [0.15, 0.2) is 58.8 Å². The summed E-state index contributed by atoms with van der Waals surface area (Å²) in [6, 6.07) is 15.6. The zero-order valence-electron chi connectivity index (χ0n) is 24.2. The lowest BCUT2D eigenvalue weighted by Gasteiger charge is -2.42. The number of rotatable bonds is 8. The topological polar surface area (TPSA) is 103 Å². The zero-order chi connectivity index (χ0) is 29.3. The molecule has 0 unspecified atom stereocenters. The Morgan fingerprint density at radius 1 is 0.929 bits per heavy atom. The van der Waals surface area contributed by atoms with Gasteiger partial charge in [-0.3, -0.25) is 4.90 Å². The predicted octanol–water partition coefficient (Wildman–Crippen LogP) is 4.81. The van der Waals surface area contributed by atoms with Gasteiger partial charge in [-0.15, -0.1) is 11.3 Å². The van der Waals surface area contributed by atoms with E-state index in [9.17, 15) is 8.42 Å². The predicted molar refractivity (Wildman–Crippen MR) is 171 cm³/mol. The molecule has 2 aromatic heterocycles. The molecule has 2 aromatic carbocycles. The molecule has 4 heterocycles. The van der Waals surface area contributed by atoms with E-state index in [4.69, 9.17) is 14.7 Å². The quantitative estimate of drug-likeness (QED) is 0.290. The number of nitrogens with one attached hydrogen (secondary N) is 2. The van der Waals surface area contributed by atoms with Gasteiger partial charge in [0.15, 0.2) is 15.7 Å². The van der Waals surface area contributed by atoms with Gasteiger partial charge in [-0.2, -0.15) is 4.98 Å². The lowest BCUT2D eigenvalue weighted by atomic mass is 10.0. The molecule has 2 aliphatic heterocycles. The van der Waals surface area contributed by atoms with Crippen LogP contribution in [0.1, 0.15) is 12.8 Å². The highest BCUT2D eigenvalue weighted by Crippen LogP contribution is 2.36. The van der Waals surface area contributed by atoms with Crippen LogP contribution in [0.5, 0.6) is 5.75 Å². The van der Waals surface area contributed by atoms with Gasteiger partial charge in [-0.25, -0.2) is 13.4 Å². The minimum atomic E-state index is -3.43. The van der Waals surface area contributed by atoms with Crippen molar-refractivity contribution < 1.29 is 13.2 Å². The van der Waals surface area contributed by atoms with Crippen LogP contribution in [-0.4, -0.2) is 93.9 Å². The molecule has 0 saturated carbocycles. The molecule has 0 radical (unpaired) electrons. The lowest BCUT2D eigenvalue weighted by Crippen LogP contribution is -2.52. The second kappa shape index (κ2) is 12.0. The number of anilines is 5. The number of piperazine rings is 1. The van der Waals surface area contributed by atoms with E-state index in [0.29, 0.717) is 29.2 Å². The maximum atomic E-state index is 12.4. The Balaban J connectivity index is 1.20. The Kier molecular flexibility index (Phi) is 8.22. The molecular weight excluding hydrogens is 571 g/mol. The van der Waals surface area contributed by atoms with Gasteiger partial charge in [-0.1, -0.05) is 12.1 Å². The van der Waals surface area contributed by atoms with E-state index in [1.165, 1.54) is 30.4 Å². The molecule has 0 amide bonds. The summed E-state index contributed by atoms with van der Waals surface area (Å²) in [6.45, 7) is 6.68. The Morgan fingerprint density at radius 2 is 1.69 bits per heavy atom. The number of benzene rings is 2. The van der Waals surface area contributed by atoms with Crippen molar-refractivity contribution >= 4 is 60.2 Å². The summed E-state index contributed by atoms with van der Waals surface area (Å²) >= 11 is 1.50. The number of sulfone groups is 1. The molecule has 2 fully saturated rings. The molecule has 2 aliphatic rings. The minimum absolute atomic E-state index is 0.215. The summed E-state index contributed by atoms with van der Waals surface area (Å²) in [5.74, 6) is 1.63. The highest BCUT2D eigenvalue weighted by atomic mass is 32.2. The second-order valence-corrected chi connectivity index (χ2v) is 13.9. The Morgan fingerprint density at radius 3 is 2.43 bits per heavy atom. The van der Waals surface area contributed by atoms with E-state index in [-0.39, 0.29) is 4.90 Å². The summed E-state index contributed by atoms with van der Waals surface area (Å²) in [5, 5.41) is 8.51. The Hall–Kier alpha value is -3.45. The second-order valence-electron chi connectivity index (χ2n) is 11.0. The number of hydrogen-bond donors (Lipinski definition) is 2. The molecule has 4 aromatic rings. The third-order valence-corrected chi connectivity index (χ3v) is 10.2. The molecule has 12 heteroatoms. The molecule has 0 spiro atoms. The number of nitrogens with zero attached hydrogens (tertiary/aromatic N) is 5. The van der Waals surface area contributed by atoms with Crippen molar-refractivity contribution in [3.8, 4) is 5.75 Å². The van der Waals surface area contributed by atoms with Gasteiger partial charge < -0.3 is 25.2 Å². The number of para-hydroxylation sites is 1. The maximum Gasteiger partial charge on any atom is 0.229 e. The van der Waals surface area contributed by atoms with Crippen LogP contribution >= 0.6 is 11.3 Å². The van der Waals surface area contributed by atoms with Crippen molar-refractivity contribution in [1.82, 2.24) is 19.8 Å². The number of ether oxygens (including phenoxy) is 1. The molecule has 6 rings (SSSR count). The Bertz CT molecular complexity index is 1660. The van der Waals surface area contributed by atoms with Gasteiger partial charge >= 0.3 is 0 Å². The number of aromatic nitrogens is 2. The largest absolute Gasteiger partial charge is 0.494 e. The third-order valence-electron chi connectivity index (χ3n) is 8.16. The fourth-order valence-electron chi connectivity index (χ4n) is 5.80. The number of likely N-dealkylation sites (N-methyl/N-ethyl adjacent to an activating group) is 1. The van der Waals surface area contributed by atoms with Gasteiger partial charge in [0.1, 0.15) is 5.75 Å². The molecule has 42 heavy (non-hydrogen) atoms. The van der Waals surface area contributed by atoms with Crippen molar-refractivity contribution in [3.05, 3.63) is 53.9 Å². The summed E-state index contributed by atoms with van der Waals surface area (Å²) in [7, 11) is 0.444. The fraction of sp³-hybridized carbons (Fsp3) is 0.400. The first kappa shape index (κ1) is 28.7. The van der Waals surface area contributed by atoms with E-state index >= 15 is 0 Å². The van der Waals surface area contributed by atoms with Gasteiger partial charge in [0.2, 0.25) is 5.95 Å². The van der Waals surface area contributed by atoms with Gasteiger partial charge in [0.25, 0.3) is 0 Å². The first-order chi connectivity index (χ1) is 20.3. The highest BCUT2D eigenvalue weighted by Gasteiger charge is 2.27. The summed E-state index contributed by atoms with van der Waals surface area (Å²) in [5.41, 5.74) is 3.13. The molecule has 0 bridgehead atoms. The van der Waals surface area contributed by atoms with Crippen LogP contribution in [0.2, 0.25) is 0 Å². The average molecular weight is 608 g/mol. The number of piperidine rings is 1. The summed E-state index contributed by atoms with van der Waals surface area (Å²) < 4.78 is 31.4. The van der Waals surface area contributed by atoms with Crippen molar-refractivity contribution in [2.24, 2.45) is 0 Å². The van der Waals surface area contributed by atoms with E-state index in [0.717, 1.165) is 60.9 Å². The van der Waals surface area contributed by atoms with Gasteiger partial charge in [0.05, 0.1) is 33.6 Å². The number of hydrogen-bond acceptors (Lipinski definition) is 11. The van der Waals surface area contributed by atoms with E-state index in [1.807, 2.05) is 17.5 Å². The van der Waals surface area contributed by atoms with E-state index in [2.05, 4.69) is 44.5 Å². The lowest BCUT2D eigenvalue weighted by molar-refractivity contribution is 0.0982. The van der Waals surface area contributed by atoms with E-state index in [1.54, 1.807) is 31.4 Å². The SMILES string of the molecule is COc1cc(N2CCC(N3CCN(C)CC3)CC2)ccc1Nc1nc(Nc2ccccc2S(C)(=O)=O)c2sccc2n1. The highest BCUT2D eigenvalue weighted by molar-refractivity contribution is 7.90. The smallest absolute Gasteiger partial charge is 0.229 e. The first-order valence-corrected chi connectivity index (χ1v) is 17.0. The van der Waals surface area contributed by atoms with Crippen molar-refractivity contribution in [3.63, 3.8) is 0 Å². The number of methoxy groups -OCH3 is 1. The van der Waals surface area contributed by atoms with Crippen molar-refractivity contribution in [2.45, 2.75) is 23.8 Å². The minimum Gasteiger partial charge on any atom is -0.494 e. The van der Waals surface area contributed by atoms with Crippen molar-refractivity contribution in [2.75, 3.05) is 75.2 Å². The molecule has 10 nitrogen and oxygen atoms in total. The van der Waals surface area contributed by atoms with Crippen LogP contribution in [0.25, 0.3) is 10.2 Å². The molecule has 2 N–H and O–H groups in total. The molecule has 0 aliphatic carbocycles. The summed E-state index contributed by atoms with van der Waals surface area (Å²) in [4.78, 5) is 17.2. The fourth-order valence-corrected chi connectivity index (χ4v) is 7.42. The van der Waals surface area contributed by atoms with Crippen LogP contribution < -0.4 is 20.3 Å². The monoisotopic (exact) mass is 607 g/mol. The van der Waals surface area contributed by atoms with Crippen LogP contribution in [0.3, 0.4) is 0 Å². The average Bonchev–Trinajstić information content (AvgIpc) is 3.47. The van der Waals surface area contributed by atoms with Crippen LogP contribution in [0.4, 0.5) is 28.8 Å². The number of thiophene rings is 1. The van der Waals surface area contributed by atoms with Crippen LogP contribution in [0, 0.1) is 0 Å². The zero-order valence-corrected chi connectivity index (χ0v) is 25.8. The Labute approximate surface area is 251 Å². The molecular formula is C30H37N7O3S2. The van der Waals surface area contributed by atoms with Gasteiger partial charge in [-0.05, 0) is 55.6 Å². The van der Waals surface area contributed by atoms with Crippen LogP contribution in [-0.2, 0) is 9.84 Å².